The zero-order valence-electron chi connectivity index (χ0n) is 19.3. The van der Waals surface area contributed by atoms with E-state index >= 15 is 0 Å². The molecule has 0 saturated carbocycles. The fraction of sp³-hybridized carbons (Fsp3) is 0.400. The van der Waals surface area contributed by atoms with E-state index in [0.29, 0.717) is 42.9 Å². The third-order valence-electron chi connectivity index (χ3n) is 6.00. The van der Waals surface area contributed by atoms with Crippen LogP contribution in [0.3, 0.4) is 0 Å². The number of carbonyl (C=O) groups is 1. The summed E-state index contributed by atoms with van der Waals surface area (Å²) in [5.41, 5.74) is 8.56. The topological polar surface area (TPSA) is 103 Å². The monoisotopic (exact) mass is 527 g/mol. The fourth-order valence-electron chi connectivity index (χ4n) is 4.19. The van der Waals surface area contributed by atoms with E-state index in [0.717, 1.165) is 53.4 Å². The Hall–Kier alpha value is -2.91. The van der Waals surface area contributed by atoms with Crippen LogP contribution < -0.4 is 15.8 Å². The van der Waals surface area contributed by atoms with Crippen LogP contribution in [0.1, 0.15) is 26.2 Å². The van der Waals surface area contributed by atoms with E-state index in [1.807, 2.05) is 43.3 Å². The molecule has 2 aromatic carbocycles. The number of anilines is 3. The minimum absolute atomic E-state index is 0.144. The standard InChI is InChI=1S/C25H30BrN5O3/c1-2-33-24(32)15-31-9-6-17(7-10-31)8-11-34-23-14-22-20(13-21(23)27)25(29-16-28-22)30-19-5-3-4-18(26)12-19/h3-5,12-14,16-17H,2,6-11,15,27H2,1H3,(H,28,29,30). The minimum atomic E-state index is -0.144. The van der Waals surface area contributed by atoms with Gasteiger partial charge in [0.25, 0.3) is 0 Å². The lowest BCUT2D eigenvalue weighted by atomic mass is 9.94. The van der Waals surface area contributed by atoms with Crippen LogP contribution in [-0.4, -0.2) is 53.7 Å². The van der Waals surface area contributed by atoms with Crippen LogP contribution in [0.4, 0.5) is 17.2 Å². The first-order valence-corrected chi connectivity index (χ1v) is 12.4. The molecule has 0 amide bonds. The van der Waals surface area contributed by atoms with E-state index in [1.165, 1.54) is 6.33 Å². The number of hydrogen-bond donors (Lipinski definition) is 2. The fourth-order valence-corrected chi connectivity index (χ4v) is 4.59. The number of ether oxygens (including phenoxy) is 2. The maximum absolute atomic E-state index is 11.7. The highest BCUT2D eigenvalue weighted by molar-refractivity contribution is 9.10. The average Bonchev–Trinajstić information content (AvgIpc) is 2.81. The first kappa shape index (κ1) is 24.2. The molecule has 1 saturated heterocycles. The van der Waals surface area contributed by atoms with Crippen molar-refractivity contribution in [2.24, 2.45) is 5.92 Å². The molecular formula is C25H30BrN5O3. The zero-order chi connectivity index (χ0) is 23.9. The molecule has 1 fully saturated rings. The van der Waals surface area contributed by atoms with Crippen molar-refractivity contribution in [3.05, 3.63) is 47.2 Å². The van der Waals surface area contributed by atoms with Gasteiger partial charge in [-0.3, -0.25) is 9.69 Å². The Balaban J connectivity index is 1.33. The molecule has 180 valence electrons. The molecule has 0 aliphatic carbocycles. The number of carbonyl (C=O) groups excluding carboxylic acids is 1. The minimum Gasteiger partial charge on any atom is -0.491 e. The summed E-state index contributed by atoms with van der Waals surface area (Å²) in [4.78, 5) is 22.6. The molecular weight excluding hydrogens is 498 g/mol. The number of piperidine rings is 1. The predicted octanol–water partition coefficient (Wildman–Crippen LogP) is 4.76. The van der Waals surface area contributed by atoms with Crippen LogP contribution in [0.2, 0.25) is 0 Å². The van der Waals surface area contributed by atoms with Gasteiger partial charge in [-0.1, -0.05) is 22.0 Å². The number of benzene rings is 2. The molecule has 0 radical (unpaired) electrons. The van der Waals surface area contributed by atoms with Gasteiger partial charge in [-0.15, -0.1) is 0 Å². The molecule has 0 atom stereocenters. The second kappa shape index (κ2) is 11.5. The van der Waals surface area contributed by atoms with Crippen molar-refractivity contribution in [3.63, 3.8) is 0 Å². The lowest BCUT2D eigenvalue weighted by molar-refractivity contribution is -0.144. The number of hydrogen-bond acceptors (Lipinski definition) is 8. The van der Waals surface area contributed by atoms with Crippen LogP contribution in [0, 0.1) is 5.92 Å². The largest absolute Gasteiger partial charge is 0.491 e. The van der Waals surface area contributed by atoms with E-state index in [-0.39, 0.29) is 5.97 Å². The van der Waals surface area contributed by atoms with Crippen molar-refractivity contribution in [1.82, 2.24) is 14.9 Å². The van der Waals surface area contributed by atoms with Crippen molar-refractivity contribution in [3.8, 4) is 5.75 Å². The Morgan fingerprint density at radius 1 is 1.24 bits per heavy atom. The average molecular weight is 528 g/mol. The lowest BCUT2D eigenvalue weighted by Crippen LogP contribution is -2.38. The number of rotatable bonds is 9. The number of esters is 1. The third-order valence-corrected chi connectivity index (χ3v) is 6.50. The van der Waals surface area contributed by atoms with E-state index in [1.54, 1.807) is 0 Å². The van der Waals surface area contributed by atoms with Gasteiger partial charge in [0.2, 0.25) is 0 Å². The maximum Gasteiger partial charge on any atom is 0.320 e. The molecule has 1 aliphatic rings. The van der Waals surface area contributed by atoms with Gasteiger partial charge in [0.05, 0.1) is 31.0 Å². The summed E-state index contributed by atoms with van der Waals surface area (Å²) in [5.74, 6) is 1.76. The number of aromatic nitrogens is 2. The van der Waals surface area contributed by atoms with Gasteiger partial charge in [0, 0.05) is 21.6 Å². The third kappa shape index (κ3) is 6.36. The lowest BCUT2D eigenvalue weighted by Gasteiger charge is -2.31. The molecule has 34 heavy (non-hydrogen) atoms. The van der Waals surface area contributed by atoms with Crippen LogP contribution >= 0.6 is 15.9 Å². The number of nitrogens with one attached hydrogen (secondary N) is 1. The smallest absolute Gasteiger partial charge is 0.320 e. The molecule has 4 rings (SSSR count). The van der Waals surface area contributed by atoms with Crippen molar-refractivity contribution in [2.75, 3.05) is 43.9 Å². The molecule has 0 unspecified atom stereocenters. The molecule has 9 heteroatoms. The normalized spacial score (nSPS) is 14.8. The van der Waals surface area contributed by atoms with Crippen molar-refractivity contribution in [2.45, 2.75) is 26.2 Å². The SMILES string of the molecule is CCOC(=O)CN1CCC(CCOc2cc3ncnc(Nc4cccc(Br)c4)c3cc2N)CC1. The summed E-state index contributed by atoms with van der Waals surface area (Å²) < 4.78 is 12.1. The molecule has 3 aromatic rings. The maximum atomic E-state index is 11.7. The highest BCUT2D eigenvalue weighted by Gasteiger charge is 2.21. The van der Waals surface area contributed by atoms with Gasteiger partial charge in [-0.25, -0.2) is 9.97 Å². The Labute approximate surface area is 208 Å². The molecule has 0 bridgehead atoms. The summed E-state index contributed by atoms with van der Waals surface area (Å²) >= 11 is 3.49. The zero-order valence-corrected chi connectivity index (χ0v) is 20.9. The molecule has 2 heterocycles. The molecule has 1 aromatic heterocycles. The van der Waals surface area contributed by atoms with Gasteiger partial charge in [-0.05, 0) is 69.5 Å². The van der Waals surface area contributed by atoms with Crippen LogP contribution in [0.5, 0.6) is 5.75 Å². The van der Waals surface area contributed by atoms with Gasteiger partial charge < -0.3 is 20.5 Å². The second-order valence-corrected chi connectivity index (χ2v) is 9.34. The summed E-state index contributed by atoms with van der Waals surface area (Å²) in [7, 11) is 0. The van der Waals surface area contributed by atoms with E-state index in [2.05, 4.69) is 36.1 Å². The Bertz CT molecular complexity index is 1130. The summed E-state index contributed by atoms with van der Waals surface area (Å²) in [6.45, 7) is 5.05. The van der Waals surface area contributed by atoms with Crippen molar-refractivity contribution < 1.29 is 14.3 Å². The van der Waals surface area contributed by atoms with Crippen LogP contribution in [-0.2, 0) is 9.53 Å². The number of nitrogens with zero attached hydrogens (tertiary/aromatic N) is 3. The number of fused-ring (bicyclic) bond motifs is 1. The molecule has 8 nitrogen and oxygen atoms in total. The predicted molar refractivity (Wildman–Crippen MR) is 137 cm³/mol. The quantitative estimate of drug-likeness (QED) is 0.303. The molecule has 3 N–H and O–H groups in total. The molecule has 0 spiro atoms. The number of halogens is 1. The van der Waals surface area contributed by atoms with Gasteiger partial charge >= 0.3 is 5.97 Å². The molecule has 1 aliphatic heterocycles. The van der Waals surface area contributed by atoms with Gasteiger partial charge in [0.1, 0.15) is 17.9 Å². The van der Waals surface area contributed by atoms with E-state index in [4.69, 9.17) is 15.2 Å². The summed E-state index contributed by atoms with van der Waals surface area (Å²) in [6, 6.07) is 11.6. The Kier molecular flexibility index (Phi) is 8.18. The summed E-state index contributed by atoms with van der Waals surface area (Å²) in [6.07, 6.45) is 4.58. The van der Waals surface area contributed by atoms with Crippen LogP contribution in [0.15, 0.2) is 47.2 Å². The second-order valence-electron chi connectivity index (χ2n) is 8.43. The van der Waals surface area contributed by atoms with Crippen LogP contribution in [0.25, 0.3) is 10.9 Å². The van der Waals surface area contributed by atoms with Crippen molar-refractivity contribution in [1.29, 1.82) is 0 Å². The number of likely N-dealkylation sites (tertiary alicyclic amines) is 1. The first-order valence-electron chi connectivity index (χ1n) is 11.6. The van der Waals surface area contributed by atoms with E-state index in [9.17, 15) is 4.79 Å². The highest BCUT2D eigenvalue weighted by Crippen LogP contribution is 2.32. The summed E-state index contributed by atoms with van der Waals surface area (Å²) in [5, 5.41) is 4.17. The van der Waals surface area contributed by atoms with Crippen molar-refractivity contribution >= 4 is 50.0 Å². The van der Waals surface area contributed by atoms with Gasteiger partial charge in [0.15, 0.2) is 0 Å². The van der Waals surface area contributed by atoms with Gasteiger partial charge in [-0.2, -0.15) is 0 Å². The number of nitrogen functional groups attached to an aromatic ring is 1. The van der Waals surface area contributed by atoms with E-state index < -0.39 is 0 Å². The Morgan fingerprint density at radius 3 is 2.82 bits per heavy atom. The Morgan fingerprint density at radius 2 is 2.06 bits per heavy atom. The highest BCUT2D eigenvalue weighted by atomic mass is 79.9. The number of nitrogens with two attached hydrogens (primary N) is 1. The first-order chi connectivity index (χ1) is 16.5.